The van der Waals surface area contributed by atoms with E-state index in [9.17, 15) is 13.2 Å². The molecule has 1 aliphatic heterocycles. The molecule has 156 valence electrons. The Hall–Kier alpha value is -2.91. The molecule has 1 aromatic heterocycles. The molecular weight excluding hydrogens is 424 g/mol. The van der Waals surface area contributed by atoms with Gasteiger partial charge in [-0.15, -0.1) is 11.3 Å². The number of aromatic nitrogens is 1. The quantitative estimate of drug-likeness (QED) is 0.620. The van der Waals surface area contributed by atoms with Crippen molar-refractivity contribution in [3.05, 3.63) is 53.4 Å². The maximum absolute atomic E-state index is 12.4. The largest absolute Gasteiger partial charge is 0.454 e. The zero-order valence-electron chi connectivity index (χ0n) is 16.4. The number of fused-ring (bicyclic) bond motifs is 1. The van der Waals surface area contributed by atoms with Crippen molar-refractivity contribution in [3.8, 4) is 22.8 Å². The second-order valence-electron chi connectivity index (χ2n) is 7.07. The number of thiazole rings is 1. The van der Waals surface area contributed by atoms with Gasteiger partial charge >= 0.3 is 0 Å². The number of nitrogens with one attached hydrogen (secondary N) is 1. The summed E-state index contributed by atoms with van der Waals surface area (Å²) in [5.74, 6) is 1.16. The van der Waals surface area contributed by atoms with E-state index in [4.69, 9.17) is 9.47 Å². The van der Waals surface area contributed by atoms with Gasteiger partial charge in [-0.3, -0.25) is 4.79 Å². The van der Waals surface area contributed by atoms with Gasteiger partial charge in [0.2, 0.25) is 12.7 Å². The number of ether oxygens (including phenoxy) is 2. The van der Waals surface area contributed by atoms with Crippen LogP contribution in [-0.2, 0) is 21.1 Å². The third-order valence-corrected chi connectivity index (χ3v) is 7.58. The molecule has 0 unspecified atom stereocenters. The van der Waals surface area contributed by atoms with E-state index >= 15 is 0 Å². The minimum absolute atomic E-state index is 0.126. The van der Waals surface area contributed by atoms with E-state index in [1.165, 1.54) is 11.3 Å². The van der Waals surface area contributed by atoms with Crippen LogP contribution in [0, 0.1) is 0 Å². The lowest BCUT2D eigenvalue weighted by molar-refractivity contribution is -0.115. The van der Waals surface area contributed by atoms with E-state index in [-0.39, 0.29) is 24.0 Å². The van der Waals surface area contributed by atoms with Crippen LogP contribution in [0.15, 0.2) is 52.7 Å². The third kappa shape index (κ3) is 4.17. The SMILES string of the molecule is CC(C)S(=O)(=O)c1ccc(CC(=O)Nc2nc(-c3ccc4c(c3)OCO4)cs2)cc1. The van der Waals surface area contributed by atoms with E-state index in [0.717, 1.165) is 16.8 Å². The van der Waals surface area contributed by atoms with Crippen LogP contribution in [0.2, 0.25) is 0 Å². The third-order valence-electron chi connectivity index (χ3n) is 4.66. The Labute approximate surface area is 178 Å². The second kappa shape index (κ2) is 8.08. The number of hydrogen-bond acceptors (Lipinski definition) is 7. The number of nitrogens with zero attached hydrogens (tertiary/aromatic N) is 1. The number of rotatable bonds is 6. The second-order valence-corrected chi connectivity index (χ2v) is 10.4. The highest BCUT2D eigenvalue weighted by molar-refractivity contribution is 7.92. The molecule has 0 atom stereocenters. The molecule has 7 nitrogen and oxygen atoms in total. The summed E-state index contributed by atoms with van der Waals surface area (Å²) in [4.78, 5) is 17.1. The Morgan fingerprint density at radius 3 is 2.60 bits per heavy atom. The predicted octanol–water partition coefficient (Wildman–Crippen LogP) is 3.90. The minimum atomic E-state index is -3.32. The molecule has 0 fully saturated rings. The first-order valence-corrected chi connectivity index (χ1v) is 11.7. The van der Waals surface area contributed by atoms with Crippen LogP contribution < -0.4 is 14.8 Å². The summed E-state index contributed by atoms with van der Waals surface area (Å²) in [6, 6.07) is 12.0. The molecule has 1 aliphatic rings. The average Bonchev–Trinajstić information content (AvgIpc) is 3.36. The monoisotopic (exact) mass is 444 g/mol. The summed E-state index contributed by atoms with van der Waals surface area (Å²) in [6.45, 7) is 3.49. The van der Waals surface area contributed by atoms with Crippen LogP contribution in [0.4, 0.5) is 5.13 Å². The van der Waals surface area contributed by atoms with Crippen LogP contribution in [0.3, 0.4) is 0 Å². The molecule has 1 N–H and O–H groups in total. The Kier molecular flexibility index (Phi) is 5.48. The minimum Gasteiger partial charge on any atom is -0.454 e. The summed E-state index contributed by atoms with van der Waals surface area (Å²) in [6.07, 6.45) is 0.126. The van der Waals surface area contributed by atoms with Gasteiger partial charge in [-0.05, 0) is 49.7 Å². The summed E-state index contributed by atoms with van der Waals surface area (Å²) in [5.41, 5.74) is 2.33. The highest BCUT2D eigenvalue weighted by Gasteiger charge is 2.19. The topological polar surface area (TPSA) is 94.6 Å². The van der Waals surface area contributed by atoms with Crippen molar-refractivity contribution >= 4 is 32.2 Å². The lowest BCUT2D eigenvalue weighted by Crippen LogP contribution is -2.15. The van der Waals surface area contributed by atoms with Gasteiger partial charge in [0.15, 0.2) is 26.5 Å². The van der Waals surface area contributed by atoms with Gasteiger partial charge in [0.05, 0.1) is 22.3 Å². The molecule has 0 bridgehead atoms. The summed E-state index contributed by atoms with van der Waals surface area (Å²) in [5, 5.41) is 4.65. The van der Waals surface area contributed by atoms with Crippen molar-refractivity contribution in [2.45, 2.75) is 30.4 Å². The molecule has 9 heteroatoms. The Bertz CT molecular complexity index is 1180. The lowest BCUT2D eigenvalue weighted by Gasteiger charge is -2.08. The van der Waals surface area contributed by atoms with Crippen LogP contribution >= 0.6 is 11.3 Å². The highest BCUT2D eigenvalue weighted by Crippen LogP contribution is 2.36. The van der Waals surface area contributed by atoms with Gasteiger partial charge in [-0.2, -0.15) is 0 Å². The van der Waals surface area contributed by atoms with Gasteiger partial charge < -0.3 is 14.8 Å². The van der Waals surface area contributed by atoms with Crippen molar-refractivity contribution < 1.29 is 22.7 Å². The fraction of sp³-hybridized carbons (Fsp3) is 0.238. The molecule has 0 saturated carbocycles. The molecule has 4 rings (SSSR count). The van der Waals surface area contributed by atoms with E-state index in [0.29, 0.717) is 16.6 Å². The lowest BCUT2D eigenvalue weighted by atomic mass is 10.1. The molecule has 3 aromatic rings. The van der Waals surface area contributed by atoms with Gasteiger partial charge in [0.1, 0.15) is 0 Å². The first-order chi connectivity index (χ1) is 14.3. The van der Waals surface area contributed by atoms with Crippen LogP contribution in [0.25, 0.3) is 11.3 Å². The summed E-state index contributed by atoms with van der Waals surface area (Å²) >= 11 is 1.33. The summed E-state index contributed by atoms with van der Waals surface area (Å²) < 4.78 is 35.1. The number of hydrogen-bond donors (Lipinski definition) is 1. The predicted molar refractivity (Wildman–Crippen MR) is 115 cm³/mol. The normalized spacial score (nSPS) is 12.9. The van der Waals surface area contributed by atoms with Crippen molar-refractivity contribution in [1.29, 1.82) is 0 Å². The van der Waals surface area contributed by atoms with Gasteiger partial charge in [0, 0.05) is 10.9 Å². The summed E-state index contributed by atoms with van der Waals surface area (Å²) in [7, 11) is -3.32. The Morgan fingerprint density at radius 1 is 1.13 bits per heavy atom. The molecule has 0 spiro atoms. The zero-order chi connectivity index (χ0) is 21.3. The number of anilines is 1. The highest BCUT2D eigenvalue weighted by atomic mass is 32.2. The maximum Gasteiger partial charge on any atom is 0.231 e. The molecule has 1 amide bonds. The number of amides is 1. The van der Waals surface area contributed by atoms with Gasteiger partial charge in [-0.1, -0.05) is 12.1 Å². The first-order valence-electron chi connectivity index (χ1n) is 9.31. The zero-order valence-corrected chi connectivity index (χ0v) is 18.0. The smallest absolute Gasteiger partial charge is 0.231 e. The molecule has 30 heavy (non-hydrogen) atoms. The van der Waals surface area contributed by atoms with Gasteiger partial charge in [-0.25, -0.2) is 13.4 Å². The molecule has 2 heterocycles. The molecule has 0 radical (unpaired) electrons. The fourth-order valence-corrected chi connectivity index (χ4v) is 4.73. The fourth-order valence-electron chi connectivity index (χ4n) is 2.94. The van der Waals surface area contributed by atoms with Crippen LogP contribution in [0.5, 0.6) is 11.5 Å². The average molecular weight is 445 g/mol. The van der Waals surface area contributed by atoms with Crippen molar-refractivity contribution in [3.63, 3.8) is 0 Å². The van der Waals surface area contributed by atoms with Crippen molar-refractivity contribution in [2.75, 3.05) is 12.1 Å². The molecular formula is C21H20N2O5S2. The number of carbonyl (C=O) groups excluding carboxylic acids is 1. The Morgan fingerprint density at radius 2 is 1.87 bits per heavy atom. The standard InChI is InChI=1S/C21H20N2O5S2/c1-13(2)30(25,26)16-6-3-14(4-7-16)9-20(24)23-21-22-17(11-29-21)15-5-8-18-19(10-15)28-12-27-18/h3-8,10-11,13H,9,12H2,1-2H3,(H,22,23,24). The Balaban J connectivity index is 1.40. The van der Waals surface area contributed by atoms with E-state index in [2.05, 4.69) is 10.3 Å². The number of sulfone groups is 1. The van der Waals surface area contributed by atoms with E-state index in [1.807, 2.05) is 23.6 Å². The van der Waals surface area contributed by atoms with Crippen molar-refractivity contribution in [1.82, 2.24) is 4.98 Å². The molecule has 0 saturated heterocycles. The molecule has 2 aromatic carbocycles. The maximum atomic E-state index is 12.4. The first kappa shape index (κ1) is 20.4. The molecule has 0 aliphatic carbocycles. The van der Waals surface area contributed by atoms with Crippen LogP contribution in [-0.4, -0.2) is 31.4 Å². The van der Waals surface area contributed by atoms with Crippen molar-refractivity contribution in [2.24, 2.45) is 0 Å². The van der Waals surface area contributed by atoms with E-state index in [1.54, 1.807) is 38.1 Å². The van der Waals surface area contributed by atoms with Crippen LogP contribution in [0.1, 0.15) is 19.4 Å². The van der Waals surface area contributed by atoms with Gasteiger partial charge in [0.25, 0.3) is 0 Å². The van der Waals surface area contributed by atoms with E-state index < -0.39 is 15.1 Å². The number of carbonyl (C=O) groups is 1. The number of benzene rings is 2.